The standard InChI is InChI=1S/C15H22N4OS/c1-11-5-7-21-14(11)8-16-13-4-3-6-19(9-13)10-15-17-12(2)20-18-15/h5,7,13,16H,3-4,6,8-10H2,1-2H3/t13-/m1/s1. The van der Waals surface area contributed by atoms with Crippen molar-refractivity contribution in [2.45, 2.75) is 45.8 Å². The fourth-order valence-corrected chi connectivity index (χ4v) is 3.65. The second-order valence-corrected chi connectivity index (χ2v) is 6.71. The van der Waals surface area contributed by atoms with Gasteiger partial charge in [-0.3, -0.25) is 4.90 Å². The molecule has 1 saturated heterocycles. The fourth-order valence-electron chi connectivity index (χ4n) is 2.79. The first-order valence-electron chi connectivity index (χ1n) is 7.48. The normalized spacial score (nSPS) is 20.0. The monoisotopic (exact) mass is 306 g/mol. The summed E-state index contributed by atoms with van der Waals surface area (Å²) in [6, 6.07) is 2.74. The molecule has 1 atom stereocenters. The van der Waals surface area contributed by atoms with Gasteiger partial charge in [-0.2, -0.15) is 4.98 Å². The zero-order valence-corrected chi connectivity index (χ0v) is 13.4. The molecule has 1 N–H and O–H groups in total. The molecule has 21 heavy (non-hydrogen) atoms. The minimum atomic E-state index is 0.549. The first kappa shape index (κ1) is 14.7. The highest BCUT2D eigenvalue weighted by Crippen LogP contribution is 2.17. The third kappa shape index (κ3) is 3.90. The molecule has 0 unspecified atom stereocenters. The van der Waals surface area contributed by atoms with Crippen LogP contribution in [0.1, 0.15) is 35.0 Å². The van der Waals surface area contributed by atoms with Crippen molar-refractivity contribution >= 4 is 11.3 Å². The number of rotatable bonds is 5. The highest BCUT2D eigenvalue weighted by Gasteiger charge is 2.21. The number of aromatic nitrogens is 2. The largest absolute Gasteiger partial charge is 0.340 e. The van der Waals surface area contributed by atoms with Crippen LogP contribution in [0.3, 0.4) is 0 Å². The van der Waals surface area contributed by atoms with Crippen LogP contribution >= 0.6 is 11.3 Å². The van der Waals surface area contributed by atoms with Crippen molar-refractivity contribution in [1.82, 2.24) is 20.4 Å². The van der Waals surface area contributed by atoms with Gasteiger partial charge < -0.3 is 9.84 Å². The molecule has 0 saturated carbocycles. The van der Waals surface area contributed by atoms with Crippen molar-refractivity contribution in [3.8, 4) is 0 Å². The van der Waals surface area contributed by atoms with E-state index in [0.29, 0.717) is 11.9 Å². The Morgan fingerprint density at radius 3 is 3.10 bits per heavy atom. The van der Waals surface area contributed by atoms with E-state index in [1.165, 1.54) is 23.3 Å². The quantitative estimate of drug-likeness (QED) is 0.920. The van der Waals surface area contributed by atoms with Gasteiger partial charge in [0.1, 0.15) is 0 Å². The lowest BCUT2D eigenvalue weighted by Crippen LogP contribution is -2.45. The maximum atomic E-state index is 5.04. The Morgan fingerprint density at radius 2 is 2.38 bits per heavy atom. The van der Waals surface area contributed by atoms with E-state index in [4.69, 9.17) is 4.52 Å². The van der Waals surface area contributed by atoms with Gasteiger partial charge in [0.25, 0.3) is 0 Å². The summed E-state index contributed by atoms with van der Waals surface area (Å²) < 4.78 is 5.04. The zero-order chi connectivity index (χ0) is 14.7. The third-order valence-electron chi connectivity index (χ3n) is 3.96. The third-order valence-corrected chi connectivity index (χ3v) is 4.98. The number of hydrogen-bond donors (Lipinski definition) is 1. The molecule has 0 spiro atoms. The molecule has 5 nitrogen and oxygen atoms in total. The summed E-state index contributed by atoms with van der Waals surface area (Å²) in [5, 5.41) is 9.84. The Bertz CT molecular complexity index is 580. The summed E-state index contributed by atoms with van der Waals surface area (Å²) in [5.41, 5.74) is 1.39. The average molecular weight is 306 g/mol. The van der Waals surface area contributed by atoms with E-state index >= 15 is 0 Å². The van der Waals surface area contributed by atoms with Crippen LogP contribution < -0.4 is 5.32 Å². The molecule has 2 aromatic heterocycles. The second-order valence-electron chi connectivity index (χ2n) is 5.71. The summed E-state index contributed by atoms with van der Waals surface area (Å²) in [5.74, 6) is 1.44. The summed E-state index contributed by atoms with van der Waals surface area (Å²) in [4.78, 5) is 8.14. The predicted octanol–water partition coefficient (Wildman–Crippen LogP) is 2.50. The van der Waals surface area contributed by atoms with Crippen LogP contribution in [0, 0.1) is 13.8 Å². The molecule has 0 amide bonds. The van der Waals surface area contributed by atoms with Crippen molar-refractivity contribution in [2.24, 2.45) is 0 Å². The molecular weight excluding hydrogens is 284 g/mol. The van der Waals surface area contributed by atoms with Crippen LogP contribution in [0.25, 0.3) is 0 Å². The lowest BCUT2D eigenvalue weighted by atomic mass is 10.1. The van der Waals surface area contributed by atoms with E-state index in [0.717, 1.165) is 32.0 Å². The Morgan fingerprint density at radius 1 is 1.48 bits per heavy atom. The van der Waals surface area contributed by atoms with Gasteiger partial charge in [0.05, 0.1) is 6.54 Å². The Balaban J connectivity index is 1.50. The number of piperidine rings is 1. The van der Waals surface area contributed by atoms with Crippen molar-refractivity contribution < 1.29 is 4.52 Å². The van der Waals surface area contributed by atoms with Crippen molar-refractivity contribution in [1.29, 1.82) is 0 Å². The van der Waals surface area contributed by atoms with Crippen LogP contribution in [-0.4, -0.2) is 34.2 Å². The molecule has 114 valence electrons. The van der Waals surface area contributed by atoms with E-state index in [1.54, 1.807) is 0 Å². The first-order valence-corrected chi connectivity index (χ1v) is 8.36. The molecule has 1 aliphatic heterocycles. The number of likely N-dealkylation sites (tertiary alicyclic amines) is 1. The molecule has 6 heteroatoms. The van der Waals surface area contributed by atoms with Gasteiger partial charge in [-0.25, -0.2) is 0 Å². The number of nitrogens with one attached hydrogen (secondary N) is 1. The molecule has 0 bridgehead atoms. The fraction of sp³-hybridized carbons (Fsp3) is 0.600. The van der Waals surface area contributed by atoms with E-state index in [9.17, 15) is 0 Å². The van der Waals surface area contributed by atoms with Gasteiger partial charge >= 0.3 is 0 Å². The maximum absolute atomic E-state index is 5.04. The summed E-state index contributed by atoms with van der Waals surface area (Å²) in [6.45, 7) is 7.94. The number of nitrogens with zero attached hydrogens (tertiary/aromatic N) is 3. The number of thiophene rings is 1. The summed E-state index contributed by atoms with van der Waals surface area (Å²) >= 11 is 1.84. The summed E-state index contributed by atoms with van der Waals surface area (Å²) in [6.07, 6.45) is 2.46. The highest BCUT2D eigenvalue weighted by molar-refractivity contribution is 7.10. The van der Waals surface area contributed by atoms with Crippen molar-refractivity contribution in [3.63, 3.8) is 0 Å². The smallest absolute Gasteiger partial charge is 0.223 e. The van der Waals surface area contributed by atoms with Gasteiger partial charge in [0.2, 0.25) is 5.89 Å². The lowest BCUT2D eigenvalue weighted by Gasteiger charge is -2.32. The van der Waals surface area contributed by atoms with Gasteiger partial charge in [-0.1, -0.05) is 5.16 Å². The molecule has 1 aliphatic rings. The first-order chi connectivity index (χ1) is 10.2. The maximum Gasteiger partial charge on any atom is 0.223 e. The average Bonchev–Trinajstić information content (AvgIpc) is 3.06. The molecule has 0 aromatic carbocycles. The number of aryl methyl sites for hydroxylation is 2. The Kier molecular flexibility index (Phi) is 4.67. The highest BCUT2D eigenvalue weighted by atomic mass is 32.1. The van der Waals surface area contributed by atoms with E-state index < -0.39 is 0 Å². The van der Waals surface area contributed by atoms with E-state index in [1.807, 2.05) is 18.3 Å². The molecule has 0 aliphatic carbocycles. The van der Waals surface area contributed by atoms with Crippen molar-refractivity contribution in [3.05, 3.63) is 33.6 Å². The zero-order valence-electron chi connectivity index (χ0n) is 12.6. The van der Waals surface area contributed by atoms with Gasteiger partial charge in [0, 0.05) is 30.9 Å². The minimum absolute atomic E-state index is 0.549. The Hall–Kier alpha value is -1.24. The SMILES string of the molecule is Cc1nc(CN2CCC[C@@H](NCc3sccc3C)C2)no1. The van der Waals surface area contributed by atoms with Gasteiger partial charge in [0.15, 0.2) is 5.82 Å². The second kappa shape index (κ2) is 6.68. The molecule has 1 fully saturated rings. The molecule has 0 radical (unpaired) electrons. The molecular formula is C15H22N4OS. The van der Waals surface area contributed by atoms with E-state index in [2.05, 4.69) is 38.7 Å². The molecule has 2 aromatic rings. The van der Waals surface area contributed by atoms with Crippen LogP contribution in [0.5, 0.6) is 0 Å². The Labute approximate surface area is 129 Å². The van der Waals surface area contributed by atoms with Crippen LogP contribution in [0.15, 0.2) is 16.0 Å². The van der Waals surface area contributed by atoms with E-state index in [-0.39, 0.29) is 0 Å². The van der Waals surface area contributed by atoms with Gasteiger partial charge in [-0.15, -0.1) is 11.3 Å². The van der Waals surface area contributed by atoms with Crippen LogP contribution in [-0.2, 0) is 13.1 Å². The molecule has 3 heterocycles. The van der Waals surface area contributed by atoms with Crippen molar-refractivity contribution in [2.75, 3.05) is 13.1 Å². The lowest BCUT2D eigenvalue weighted by molar-refractivity contribution is 0.177. The molecule has 3 rings (SSSR count). The van der Waals surface area contributed by atoms with Crippen LogP contribution in [0.2, 0.25) is 0 Å². The van der Waals surface area contributed by atoms with Crippen LogP contribution in [0.4, 0.5) is 0 Å². The topological polar surface area (TPSA) is 54.2 Å². The summed E-state index contributed by atoms with van der Waals surface area (Å²) in [7, 11) is 0. The predicted molar refractivity (Wildman–Crippen MR) is 83.2 cm³/mol. The minimum Gasteiger partial charge on any atom is -0.340 e. The van der Waals surface area contributed by atoms with Gasteiger partial charge in [-0.05, 0) is 43.3 Å². The number of hydrogen-bond acceptors (Lipinski definition) is 6.